The number of aromatic nitrogens is 2. The van der Waals surface area contributed by atoms with Gasteiger partial charge in [0.15, 0.2) is 5.76 Å². The molecular weight excluding hydrogens is 290 g/mol. The first-order valence-electron chi connectivity index (χ1n) is 7.74. The summed E-state index contributed by atoms with van der Waals surface area (Å²) < 4.78 is 7.66. The maximum Gasteiger partial charge on any atom is 0.287 e. The Morgan fingerprint density at radius 1 is 1.22 bits per heavy atom. The van der Waals surface area contributed by atoms with Crippen LogP contribution in [0.15, 0.2) is 28.9 Å². The highest BCUT2D eigenvalue weighted by molar-refractivity contribution is 6.00. The van der Waals surface area contributed by atoms with Crippen molar-refractivity contribution in [3.8, 4) is 0 Å². The van der Waals surface area contributed by atoms with Gasteiger partial charge in [0, 0.05) is 23.7 Å². The number of fused-ring (bicyclic) bond motifs is 1. The Morgan fingerprint density at radius 3 is 2.61 bits per heavy atom. The molecule has 23 heavy (non-hydrogen) atoms. The van der Waals surface area contributed by atoms with Crippen LogP contribution < -0.4 is 5.32 Å². The summed E-state index contributed by atoms with van der Waals surface area (Å²) in [6, 6.07) is 4.07. The molecule has 120 valence electrons. The van der Waals surface area contributed by atoms with Gasteiger partial charge in [-0.1, -0.05) is 12.1 Å². The van der Waals surface area contributed by atoms with Crippen molar-refractivity contribution >= 4 is 16.9 Å². The van der Waals surface area contributed by atoms with Crippen LogP contribution in [0.2, 0.25) is 0 Å². The molecule has 5 heteroatoms. The van der Waals surface area contributed by atoms with Crippen molar-refractivity contribution in [3.63, 3.8) is 0 Å². The third-order valence-electron chi connectivity index (χ3n) is 4.08. The van der Waals surface area contributed by atoms with E-state index in [0.29, 0.717) is 18.8 Å². The van der Waals surface area contributed by atoms with Crippen LogP contribution in [0.3, 0.4) is 0 Å². The molecule has 2 aromatic heterocycles. The molecule has 0 spiro atoms. The van der Waals surface area contributed by atoms with Gasteiger partial charge in [-0.05, 0) is 44.4 Å². The second kappa shape index (κ2) is 5.91. The molecule has 0 radical (unpaired) electrons. The first-order valence-corrected chi connectivity index (χ1v) is 7.74. The topological polar surface area (TPSA) is 60.1 Å². The van der Waals surface area contributed by atoms with Gasteiger partial charge in [0.1, 0.15) is 5.58 Å². The number of aryl methyl sites for hydroxylation is 4. The summed E-state index contributed by atoms with van der Waals surface area (Å²) in [5.74, 6) is 0.218. The summed E-state index contributed by atoms with van der Waals surface area (Å²) >= 11 is 0. The molecule has 0 aliphatic rings. The number of rotatable bonds is 4. The summed E-state index contributed by atoms with van der Waals surface area (Å²) in [5, 5.41) is 8.15. The highest BCUT2D eigenvalue weighted by Gasteiger charge is 2.19. The van der Waals surface area contributed by atoms with E-state index >= 15 is 0 Å². The number of benzene rings is 1. The smallest absolute Gasteiger partial charge is 0.287 e. The van der Waals surface area contributed by atoms with Gasteiger partial charge < -0.3 is 9.73 Å². The number of carbonyl (C=O) groups is 1. The molecule has 0 saturated heterocycles. The second-order valence-corrected chi connectivity index (χ2v) is 6.00. The lowest BCUT2D eigenvalue weighted by molar-refractivity contribution is 0.0925. The van der Waals surface area contributed by atoms with Gasteiger partial charge in [0.25, 0.3) is 5.91 Å². The van der Waals surface area contributed by atoms with Gasteiger partial charge in [-0.2, -0.15) is 5.10 Å². The monoisotopic (exact) mass is 311 g/mol. The zero-order chi connectivity index (χ0) is 16.6. The Balaban J connectivity index is 1.77. The molecule has 1 amide bonds. The highest BCUT2D eigenvalue weighted by Crippen LogP contribution is 2.30. The van der Waals surface area contributed by atoms with Gasteiger partial charge >= 0.3 is 0 Å². The molecule has 3 rings (SSSR count). The van der Waals surface area contributed by atoms with Crippen molar-refractivity contribution in [1.82, 2.24) is 15.1 Å². The van der Waals surface area contributed by atoms with Crippen molar-refractivity contribution in [1.29, 1.82) is 0 Å². The van der Waals surface area contributed by atoms with E-state index in [1.54, 1.807) is 6.20 Å². The zero-order valence-electron chi connectivity index (χ0n) is 13.9. The number of hydrogen-bond acceptors (Lipinski definition) is 3. The largest absolute Gasteiger partial charge is 0.450 e. The fourth-order valence-electron chi connectivity index (χ4n) is 2.85. The summed E-state index contributed by atoms with van der Waals surface area (Å²) in [6.07, 6.45) is 3.75. The van der Waals surface area contributed by atoms with Crippen LogP contribution in [0.25, 0.3) is 11.0 Å². The van der Waals surface area contributed by atoms with Gasteiger partial charge in [-0.25, -0.2) is 0 Å². The van der Waals surface area contributed by atoms with Gasteiger partial charge in [-0.15, -0.1) is 0 Å². The molecule has 0 bridgehead atoms. The minimum atomic E-state index is -0.179. The number of furan rings is 1. The van der Waals surface area contributed by atoms with E-state index in [1.165, 1.54) is 0 Å². The molecule has 5 nitrogen and oxygen atoms in total. The molecule has 1 N–H and O–H groups in total. The Morgan fingerprint density at radius 2 is 1.96 bits per heavy atom. The van der Waals surface area contributed by atoms with Gasteiger partial charge in [0.05, 0.1) is 12.7 Å². The standard InChI is InChI=1S/C18H21N3O2/c1-11-9-20-21(10-11)8-7-19-18(22)17-14(4)15-12(2)5-6-13(3)16(15)23-17/h5-6,9-10H,7-8H2,1-4H3,(H,19,22). The van der Waals surface area contributed by atoms with E-state index < -0.39 is 0 Å². The normalized spacial score (nSPS) is 11.1. The Labute approximate surface area is 135 Å². The van der Waals surface area contributed by atoms with Crippen molar-refractivity contribution in [3.05, 3.63) is 52.5 Å². The maximum atomic E-state index is 12.4. The van der Waals surface area contributed by atoms with E-state index in [2.05, 4.69) is 16.5 Å². The third-order valence-corrected chi connectivity index (χ3v) is 4.08. The van der Waals surface area contributed by atoms with Crippen LogP contribution in [0.5, 0.6) is 0 Å². The lowest BCUT2D eigenvalue weighted by Gasteiger charge is -2.04. The van der Waals surface area contributed by atoms with E-state index in [0.717, 1.165) is 33.2 Å². The summed E-state index contributed by atoms with van der Waals surface area (Å²) in [4.78, 5) is 12.4. The van der Waals surface area contributed by atoms with E-state index in [9.17, 15) is 4.79 Å². The average molecular weight is 311 g/mol. The fourth-order valence-corrected chi connectivity index (χ4v) is 2.85. The molecular formula is C18H21N3O2. The SMILES string of the molecule is Cc1cnn(CCNC(=O)c2oc3c(C)ccc(C)c3c2C)c1. The predicted octanol–water partition coefficient (Wildman–Crippen LogP) is 3.29. The number of carbonyl (C=O) groups excluding carboxylic acids is 1. The molecule has 1 aromatic carbocycles. The van der Waals surface area contributed by atoms with Crippen LogP contribution in [0.4, 0.5) is 0 Å². The molecule has 0 aliphatic carbocycles. The molecule has 3 aromatic rings. The summed E-state index contributed by atoms with van der Waals surface area (Å²) in [5.41, 5.74) is 4.97. The number of hydrogen-bond donors (Lipinski definition) is 1. The van der Waals surface area contributed by atoms with Crippen molar-refractivity contribution in [2.75, 3.05) is 6.54 Å². The van der Waals surface area contributed by atoms with Gasteiger partial charge in [0.2, 0.25) is 0 Å². The third kappa shape index (κ3) is 2.86. The number of nitrogens with one attached hydrogen (secondary N) is 1. The van der Waals surface area contributed by atoms with E-state index in [4.69, 9.17) is 4.42 Å². The van der Waals surface area contributed by atoms with Crippen molar-refractivity contribution in [2.45, 2.75) is 34.2 Å². The number of nitrogens with zero attached hydrogens (tertiary/aromatic N) is 2. The van der Waals surface area contributed by atoms with Crippen molar-refractivity contribution in [2.24, 2.45) is 0 Å². The minimum Gasteiger partial charge on any atom is -0.450 e. The van der Waals surface area contributed by atoms with E-state index in [-0.39, 0.29) is 5.91 Å². The Kier molecular flexibility index (Phi) is 3.94. The first kappa shape index (κ1) is 15.3. The Hall–Kier alpha value is -2.56. The number of amides is 1. The van der Waals surface area contributed by atoms with Crippen LogP contribution >= 0.6 is 0 Å². The lowest BCUT2D eigenvalue weighted by atomic mass is 10.0. The quantitative estimate of drug-likeness (QED) is 0.804. The van der Waals surface area contributed by atoms with Crippen LogP contribution in [-0.4, -0.2) is 22.2 Å². The summed E-state index contributed by atoms with van der Waals surface area (Å²) in [6.45, 7) is 9.10. The molecule has 0 aliphatic heterocycles. The molecule has 0 unspecified atom stereocenters. The van der Waals surface area contributed by atoms with Crippen molar-refractivity contribution < 1.29 is 9.21 Å². The zero-order valence-corrected chi connectivity index (χ0v) is 13.9. The first-order chi connectivity index (χ1) is 11.0. The fraction of sp³-hybridized carbons (Fsp3) is 0.333. The maximum absolute atomic E-state index is 12.4. The predicted molar refractivity (Wildman–Crippen MR) is 89.7 cm³/mol. The second-order valence-electron chi connectivity index (χ2n) is 6.00. The lowest BCUT2D eigenvalue weighted by Crippen LogP contribution is -2.27. The van der Waals surface area contributed by atoms with E-state index in [1.807, 2.05) is 44.6 Å². The van der Waals surface area contributed by atoms with Gasteiger partial charge in [-0.3, -0.25) is 9.48 Å². The van der Waals surface area contributed by atoms with Crippen LogP contribution in [0.1, 0.15) is 32.8 Å². The average Bonchev–Trinajstić information content (AvgIpc) is 3.07. The van der Waals surface area contributed by atoms with Crippen LogP contribution in [-0.2, 0) is 6.54 Å². The molecule has 0 atom stereocenters. The molecule has 0 saturated carbocycles. The highest BCUT2D eigenvalue weighted by atomic mass is 16.3. The molecule has 0 fully saturated rings. The van der Waals surface area contributed by atoms with Crippen LogP contribution in [0, 0.1) is 27.7 Å². The summed E-state index contributed by atoms with van der Waals surface area (Å²) in [7, 11) is 0. The molecule has 2 heterocycles. The Bertz CT molecular complexity index is 874. The minimum absolute atomic E-state index is 0.179.